The summed E-state index contributed by atoms with van der Waals surface area (Å²) in [6.07, 6.45) is 0. The van der Waals surface area contributed by atoms with Gasteiger partial charge in [0.25, 0.3) is 0 Å². The van der Waals surface area contributed by atoms with Gasteiger partial charge in [-0.1, -0.05) is 17.7 Å². The predicted octanol–water partition coefficient (Wildman–Crippen LogP) is 2.02. The minimum atomic E-state index is -0.504. The minimum Gasteiger partial charge on any atom is -0.464 e. The SMILES string of the molecule is COC(=O)c1nn(-c2cccc(Cl)c2)nc1C. The third kappa shape index (κ3) is 2.29. The average Bonchev–Trinajstić information content (AvgIpc) is 2.70. The summed E-state index contributed by atoms with van der Waals surface area (Å²) in [6, 6.07) is 7.05. The lowest BCUT2D eigenvalue weighted by Gasteiger charge is -1.98. The van der Waals surface area contributed by atoms with Crippen LogP contribution >= 0.6 is 11.6 Å². The summed E-state index contributed by atoms with van der Waals surface area (Å²) in [6.45, 7) is 1.69. The summed E-state index contributed by atoms with van der Waals surface area (Å²) in [5, 5.41) is 8.78. The molecule has 0 bridgehead atoms. The Kier molecular flexibility index (Phi) is 3.10. The molecular weight excluding hydrogens is 242 g/mol. The first-order valence-electron chi connectivity index (χ1n) is 4.90. The molecule has 88 valence electrons. The summed E-state index contributed by atoms with van der Waals surface area (Å²) in [5.74, 6) is -0.504. The van der Waals surface area contributed by atoms with Crippen molar-refractivity contribution in [2.24, 2.45) is 0 Å². The van der Waals surface area contributed by atoms with Gasteiger partial charge in [-0.05, 0) is 25.1 Å². The van der Waals surface area contributed by atoms with Gasteiger partial charge in [0.05, 0.1) is 18.5 Å². The van der Waals surface area contributed by atoms with Crippen molar-refractivity contribution >= 4 is 17.6 Å². The molecule has 1 heterocycles. The van der Waals surface area contributed by atoms with Crippen LogP contribution in [0, 0.1) is 6.92 Å². The van der Waals surface area contributed by atoms with Crippen molar-refractivity contribution in [2.75, 3.05) is 7.11 Å². The van der Waals surface area contributed by atoms with Crippen LogP contribution in [0.4, 0.5) is 0 Å². The summed E-state index contributed by atoms with van der Waals surface area (Å²) in [7, 11) is 1.31. The normalized spacial score (nSPS) is 10.3. The summed E-state index contributed by atoms with van der Waals surface area (Å²) >= 11 is 5.87. The van der Waals surface area contributed by atoms with Crippen molar-refractivity contribution in [1.82, 2.24) is 15.0 Å². The van der Waals surface area contributed by atoms with Crippen molar-refractivity contribution in [3.8, 4) is 5.69 Å². The van der Waals surface area contributed by atoms with Gasteiger partial charge in [0, 0.05) is 5.02 Å². The molecule has 0 radical (unpaired) electrons. The summed E-state index contributed by atoms with van der Waals surface area (Å²) < 4.78 is 4.61. The van der Waals surface area contributed by atoms with E-state index in [-0.39, 0.29) is 5.69 Å². The van der Waals surface area contributed by atoms with Crippen LogP contribution in [0.3, 0.4) is 0 Å². The highest BCUT2D eigenvalue weighted by Gasteiger charge is 2.16. The Morgan fingerprint density at radius 3 is 2.82 bits per heavy atom. The van der Waals surface area contributed by atoms with E-state index in [1.54, 1.807) is 31.2 Å². The second kappa shape index (κ2) is 4.55. The predicted molar refractivity (Wildman–Crippen MR) is 62.4 cm³/mol. The second-order valence-corrected chi connectivity index (χ2v) is 3.83. The molecule has 6 heteroatoms. The minimum absolute atomic E-state index is 0.201. The average molecular weight is 252 g/mol. The smallest absolute Gasteiger partial charge is 0.360 e. The number of carbonyl (C=O) groups is 1. The van der Waals surface area contributed by atoms with Crippen molar-refractivity contribution in [3.63, 3.8) is 0 Å². The number of benzene rings is 1. The van der Waals surface area contributed by atoms with Crippen molar-refractivity contribution < 1.29 is 9.53 Å². The molecule has 0 N–H and O–H groups in total. The molecular formula is C11H10ClN3O2. The van der Waals surface area contributed by atoms with E-state index in [0.717, 1.165) is 0 Å². The molecule has 0 unspecified atom stereocenters. The highest BCUT2D eigenvalue weighted by molar-refractivity contribution is 6.30. The van der Waals surface area contributed by atoms with Crippen LogP contribution in [0.5, 0.6) is 0 Å². The summed E-state index contributed by atoms with van der Waals surface area (Å²) in [4.78, 5) is 12.7. The number of halogens is 1. The van der Waals surface area contributed by atoms with E-state index in [0.29, 0.717) is 16.4 Å². The van der Waals surface area contributed by atoms with Gasteiger partial charge in [-0.15, -0.1) is 5.10 Å². The number of aryl methyl sites for hydroxylation is 1. The highest BCUT2D eigenvalue weighted by atomic mass is 35.5. The molecule has 1 aromatic carbocycles. The van der Waals surface area contributed by atoms with Crippen LogP contribution in [-0.4, -0.2) is 28.1 Å². The molecule has 0 atom stereocenters. The Labute approximate surface area is 103 Å². The molecule has 0 aliphatic rings. The van der Waals surface area contributed by atoms with Gasteiger partial charge in [0.2, 0.25) is 0 Å². The van der Waals surface area contributed by atoms with Gasteiger partial charge in [0.15, 0.2) is 5.69 Å². The van der Waals surface area contributed by atoms with Gasteiger partial charge in [-0.2, -0.15) is 9.90 Å². The molecule has 17 heavy (non-hydrogen) atoms. The molecule has 0 aliphatic carbocycles. The number of carbonyl (C=O) groups excluding carboxylic acids is 1. The Bertz CT molecular complexity index is 566. The quantitative estimate of drug-likeness (QED) is 0.766. The number of methoxy groups -OCH3 is 1. The lowest BCUT2D eigenvalue weighted by atomic mass is 10.3. The summed E-state index contributed by atoms with van der Waals surface area (Å²) in [5.41, 5.74) is 1.40. The first kappa shape index (κ1) is 11.6. The zero-order valence-electron chi connectivity index (χ0n) is 9.35. The van der Waals surface area contributed by atoms with E-state index < -0.39 is 5.97 Å². The Morgan fingerprint density at radius 1 is 1.41 bits per heavy atom. The maximum atomic E-state index is 11.4. The van der Waals surface area contributed by atoms with Gasteiger partial charge >= 0.3 is 5.97 Å². The number of rotatable bonds is 2. The van der Waals surface area contributed by atoms with Crippen LogP contribution in [0.1, 0.15) is 16.2 Å². The van der Waals surface area contributed by atoms with Crippen molar-refractivity contribution in [3.05, 3.63) is 40.7 Å². The molecule has 0 saturated heterocycles. The first-order valence-corrected chi connectivity index (χ1v) is 5.28. The monoisotopic (exact) mass is 251 g/mol. The van der Waals surface area contributed by atoms with E-state index in [9.17, 15) is 4.79 Å². The van der Waals surface area contributed by atoms with E-state index in [1.165, 1.54) is 11.9 Å². The first-order chi connectivity index (χ1) is 8.11. The van der Waals surface area contributed by atoms with Gasteiger partial charge in [-0.3, -0.25) is 0 Å². The zero-order valence-corrected chi connectivity index (χ0v) is 10.1. The lowest BCUT2D eigenvalue weighted by molar-refractivity contribution is 0.0592. The number of nitrogens with zero attached hydrogens (tertiary/aromatic N) is 3. The lowest BCUT2D eigenvalue weighted by Crippen LogP contribution is -2.05. The van der Waals surface area contributed by atoms with E-state index in [4.69, 9.17) is 11.6 Å². The number of hydrogen-bond acceptors (Lipinski definition) is 4. The maximum absolute atomic E-state index is 11.4. The van der Waals surface area contributed by atoms with Crippen LogP contribution < -0.4 is 0 Å². The number of hydrogen-bond donors (Lipinski definition) is 0. The topological polar surface area (TPSA) is 57.0 Å². The molecule has 2 rings (SSSR count). The fraction of sp³-hybridized carbons (Fsp3) is 0.182. The molecule has 0 amide bonds. The van der Waals surface area contributed by atoms with Gasteiger partial charge < -0.3 is 4.74 Å². The fourth-order valence-corrected chi connectivity index (χ4v) is 1.56. The molecule has 0 fully saturated rings. The molecule has 2 aromatic rings. The van der Waals surface area contributed by atoms with Gasteiger partial charge in [0.1, 0.15) is 0 Å². The molecule has 0 spiro atoms. The van der Waals surface area contributed by atoms with Crippen molar-refractivity contribution in [2.45, 2.75) is 6.92 Å². The maximum Gasteiger partial charge on any atom is 0.360 e. The largest absolute Gasteiger partial charge is 0.464 e. The zero-order chi connectivity index (χ0) is 12.4. The Hall–Kier alpha value is -1.88. The van der Waals surface area contributed by atoms with E-state index >= 15 is 0 Å². The van der Waals surface area contributed by atoms with Gasteiger partial charge in [-0.25, -0.2) is 4.79 Å². The van der Waals surface area contributed by atoms with E-state index in [2.05, 4.69) is 14.9 Å². The Balaban J connectivity index is 2.44. The Morgan fingerprint density at radius 2 is 2.18 bits per heavy atom. The fourth-order valence-electron chi connectivity index (χ4n) is 1.38. The van der Waals surface area contributed by atoms with Crippen molar-refractivity contribution in [1.29, 1.82) is 0 Å². The van der Waals surface area contributed by atoms with E-state index in [1.807, 2.05) is 0 Å². The molecule has 0 aliphatic heterocycles. The van der Waals surface area contributed by atoms with Crippen LogP contribution in [0.2, 0.25) is 5.02 Å². The van der Waals surface area contributed by atoms with Crippen LogP contribution in [-0.2, 0) is 4.74 Å². The second-order valence-electron chi connectivity index (χ2n) is 3.39. The number of aromatic nitrogens is 3. The molecule has 5 nitrogen and oxygen atoms in total. The standard InChI is InChI=1S/C11H10ClN3O2/c1-7-10(11(16)17-2)14-15(13-7)9-5-3-4-8(12)6-9/h3-6H,1-2H3. The third-order valence-corrected chi connectivity index (χ3v) is 2.44. The van der Waals surface area contributed by atoms with Crippen LogP contribution in [0.15, 0.2) is 24.3 Å². The third-order valence-electron chi connectivity index (χ3n) is 2.20. The van der Waals surface area contributed by atoms with Crippen LogP contribution in [0.25, 0.3) is 5.69 Å². The molecule has 1 aromatic heterocycles. The molecule has 0 saturated carbocycles. The highest BCUT2D eigenvalue weighted by Crippen LogP contribution is 2.14. The number of ether oxygens (including phenoxy) is 1. The number of esters is 1.